The topological polar surface area (TPSA) is 131 Å². The Bertz CT molecular complexity index is 805. The van der Waals surface area contributed by atoms with Gasteiger partial charge >= 0.3 is 17.2 Å². The van der Waals surface area contributed by atoms with E-state index in [1.165, 1.54) is 56.1 Å². The highest BCUT2D eigenvalue weighted by atomic mass is 31.2. The summed E-state index contributed by atoms with van der Waals surface area (Å²) >= 11 is 0. The van der Waals surface area contributed by atoms with Gasteiger partial charge in [-0.25, -0.2) is 4.31 Å². The van der Waals surface area contributed by atoms with Gasteiger partial charge in [0.05, 0.1) is 12.2 Å². The molecule has 0 spiro atoms. The van der Waals surface area contributed by atoms with Gasteiger partial charge in [-0.3, -0.25) is 0 Å². The van der Waals surface area contributed by atoms with Gasteiger partial charge in [0.15, 0.2) is 0 Å². The minimum atomic E-state index is -2.61. The van der Waals surface area contributed by atoms with Crippen LogP contribution in [0.25, 0.3) is 0 Å². The molecule has 0 amide bonds. The maximum Gasteiger partial charge on any atom is 0.334 e. The molecule has 0 saturated carbocycles. The number of aliphatic hydroxyl groups is 2. The Morgan fingerprint density at radius 2 is 1.03 bits per heavy atom. The maximum absolute atomic E-state index is 10.5. The quantitative estimate of drug-likeness (QED) is 0.0859. The molecule has 2 atom stereocenters. The van der Waals surface area contributed by atoms with Gasteiger partial charge < -0.3 is 29.8 Å². The van der Waals surface area contributed by atoms with Crippen LogP contribution >= 0.6 is 17.2 Å². The Kier molecular flexibility index (Phi) is 18.5. The van der Waals surface area contributed by atoms with Gasteiger partial charge in [0, 0.05) is 11.3 Å². The van der Waals surface area contributed by atoms with Crippen molar-refractivity contribution in [2.45, 2.75) is 104 Å². The lowest BCUT2D eigenvalue weighted by atomic mass is 9.75. The van der Waals surface area contributed by atoms with Crippen LogP contribution in [0.3, 0.4) is 0 Å². The Morgan fingerprint density at radius 1 is 0.641 bits per heavy atom. The predicted octanol–water partition coefficient (Wildman–Crippen LogP) is 7.16. The molecule has 0 heterocycles. The smallest absolute Gasteiger partial charge is 0.334 e. The van der Waals surface area contributed by atoms with Crippen molar-refractivity contribution in [1.82, 2.24) is 0 Å². The zero-order chi connectivity index (χ0) is 29.3. The van der Waals surface area contributed by atoms with Gasteiger partial charge in [0.2, 0.25) is 0 Å². The van der Waals surface area contributed by atoms with Crippen molar-refractivity contribution >= 4 is 17.2 Å². The number of aliphatic hydroxyl groups excluding tert-OH is 2. The lowest BCUT2D eigenvalue weighted by Gasteiger charge is -2.37. The van der Waals surface area contributed by atoms with E-state index in [1.54, 1.807) is 0 Å². The molecule has 39 heavy (non-hydrogen) atoms. The molecule has 2 aromatic rings. The average molecular weight is 585 g/mol. The van der Waals surface area contributed by atoms with Gasteiger partial charge in [-0.15, -0.1) is 0 Å². The first-order valence-corrected chi connectivity index (χ1v) is 16.3. The minimum absolute atomic E-state index is 0.169. The van der Waals surface area contributed by atoms with Crippen molar-refractivity contribution in [1.29, 1.82) is 0 Å². The van der Waals surface area contributed by atoms with Crippen LogP contribution in [0.5, 0.6) is 0 Å². The number of unbranched alkanes of at least 4 members (excludes halogenated alkanes) is 6. The molecule has 222 valence electrons. The summed E-state index contributed by atoms with van der Waals surface area (Å²) in [5.41, 5.74) is 2.40. The summed E-state index contributed by atoms with van der Waals surface area (Å²) < 4.78 is 3.60. The lowest BCUT2D eigenvalue weighted by molar-refractivity contribution is -0.0710. The van der Waals surface area contributed by atoms with Crippen molar-refractivity contribution in [2.75, 3.05) is 0 Å². The Labute approximate surface area is 237 Å². The molecule has 0 radical (unpaired) electrons. The van der Waals surface area contributed by atoms with Crippen LogP contribution < -0.4 is 0 Å². The van der Waals surface area contributed by atoms with E-state index in [4.69, 9.17) is 19.6 Å². The fourth-order valence-electron chi connectivity index (χ4n) is 4.96. The Morgan fingerprint density at radius 3 is 1.38 bits per heavy atom. The second-order valence-electron chi connectivity index (χ2n) is 11.0. The van der Waals surface area contributed by atoms with Crippen LogP contribution in [0.2, 0.25) is 0 Å². The summed E-state index contributed by atoms with van der Waals surface area (Å²) in [6.45, 7) is 8.00. The molecule has 0 aromatic heterocycles. The molecule has 6 N–H and O–H groups in total. The van der Waals surface area contributed by atoms with E-state index in [9.17, 15) is 10.2 Å². The number of hydrogen-bond acceptors (Lipinski definition) is 7. The van der Waals surface area contributed by atoms with Crippen LogP contribution in [-0.4, -0.2) is 42.0 Å². The molecular weight excluding hydrogens is 534 g/mol. The minimum Gasteiger partial charge on any atom is -0.392 e. The second-order valence-corrected chi connectivity index (χ2v) is 12.7. The molecule has 0 bridgehead atoms. The molecular formula is C30H50O7P2. The molecule has 0 aliphatic heterocycles. The fourth-order valence-corrected chi connectivity index (χ4v) is 5.48. The third kappa shape index (κ3) is 15.0. The third-order valence-corrected chi connectivity index (χ3v) is 8.44. The molecule has 2 aromatic carbocycles. The third-order valence-electron chi connectivity index (χ3n) is 7.27. The second kappa shape index (κ2) is 20.0. The molecule has 0 saturated heterocycles. The standard InChI is InChI=1S/C30H46O2.H4O5P2/c1-24(2)29(32)30(3,4)28(31)23-17-9-7-5-6-8-16-22-27(25-18-12-10-13-19-25)26-20-14-11-15-21-26;1-6(2)5-7(3)4/h10-15,18-21,24,27-29,31-32H,5-9,16-17,22-23H2,1-4H3;1-4H. The van der Waals surface area contributed by atoms with Gasteiger partial charge in [0.1, 0.15) is 0 Å². The largest absolute Gasteiger partial charge is 0.392 e. The highest BCUT2D eigenvalue weighted by Gasteiger charge is 2.36. The van der Waals surface area contributed by atoms with E-state index in [0.717, 1.165) is 12.8 Å². The molecule has 9 heteroatoms. The summed E-state index contributed by atoms with van der Waals surface area (Å²) in [5.74, 6) is 0.659. The van der Waals surface area contributed by atoms with E-state index in [2.05, 4.69) is 65.0 Å². The number of rotatable bonds is 17. The summed E-state index contributed by atoms with van der Waals surface area (Å²) in [7, 11) is -5.22. The lowest BCUT2D eigenvalue weighted by Crippen LogP contribution is -2.43. The first-order valence-electron chi connectivity index (χ1n) is 14.0. The maximum atomic E-state index is 10.5. The zero-order valence-corrected chi connectivity index (χ0v) is 25.7. The number of hydrogen-bond donors (Lipinski definition) is 6. The van der Waals surface area contributed by atoms with Gasteiger partial charge in [-0.2, -0.15) is 0 Å². The summed E-state index contributed by atoms with van der Waals surface area (Å²) in [6, 6.07) is 21.8. The van der Waals surface area contributed by atoms with Gasteiger partial charge in [-0.1, -0.05) is 133 Å². The van der Waals surface area contributed by atoms with Crippen molar-refractivity contribution in [3.63, 3.8) is 0 Å². The molecule has 2 rings (SSSR count). The molecule has 0 fully saturated rings. The van der Waals surface area contributed by atoms with Crippen LogP contribution in [0.15, 0.2) is 60.7 Å². The zero-order valence-electron chi connectivity index (χ0n) is 23.9. The normalized spacial score (nSPS) is 13.6. The molecule has 7 nitrogen and oxygen atoms in total. The first-order chi connectivity index (χ1) is 18.5. The average Bonchev–Trinajstić information content (AvgIpc) is 2.89. The van der Waals surface area contributed by atoms with Crippen molar-refractivity contribution in [3.05, 3.63) is 71.8 Å². The molecule has 0 aliphatic carbocycles. The van der Waals surface area contributed by atoms with Crippen LogP contribution in [0, 0.1) is 11.3 Å². The predicted molar refractivity (Wildman–Crippen MR) is 161 cm³/mol. The van der Waals surface area contributed by atoms with Crippen LogP contribution in [0.1, 0.15) is 103 Å². The van der Waals surface area contributed by atoms with E-state index < -0.39 is 34.8 Å². The van der Waals surface area contributed by atoms with Crippen molar-refractivity contribution in [2.24, 2.45) is 11.3 Å². The highest BCUT2D eigenvalue weighted by Crippen LogP contribution is 2.41. The van der Waals surface area contributed by atoms with Gasteiger partial charge in [0.25, 0.3) is 0 Å². The summed E-state index contributed by atoms with van der Waals surface area (Å²) in [6.07, 6.45) is 9.63. The highest BCUT2D eigenvalue weighted by molar-refractivity contribution is 7.53. The Hall–Kier alpha value is -0.980. The van der Waals surface area contributed by atoms with Crippen molar-refractivity contribution < 1.29 is 34.1 Å². The molecule has 0 aliphatic rings. The van der Waals surface area contributed by atoms with E-state index in [0.29, 0.717) is 5.92 Å². The van der Waals surface area contributed by atoms with Crippen molar-refractivity contribution in [3.8, 4) is 0 Å². The van der Waals surface area contributed by atoms with Gasteiger partial charge in [-0.05, 0) is 29.9 Å². The van der Waals surface area contributed by atoms with E-state index in [1.807, 2.05) is 27.7 Å². The molecule has 2 unspecified atom stereocenters. The summed E-state index contributed by atoms with van der Waals surface area (Å²) in [4.78, 5) is 31.3. The summed E-state index contributed by atoms with van der Waals surface area (Å²) in [5, 5.41) is 20.9. The fraction of sp³-hybridized carbons (Fsp3) is 0.600. The van der Waals surface area contributed by atoms with E-state index in [-0.39, 0.29) is 5.92 Å². The SMILES string of the molecule is CC(C)C(O)C(C)(C)C(O)CCCCCCCCCC(c1ccccc1)c1ccccc1.OP(O)OP(O)O. The van der Waals surface area contributed by atoms with Crippen LogP contribution in [-0.2, 0) is 4.31 Å². The van der Waals surface area contributed by atoms with E-state index >= 15 is 0 Å². The Balaban J connectivity index is 0.000000956. The van der Waals surface area contributed by atoms with Crippen LogP contribution in [0.4, 0.5) is 0 Å². The first kappa shape index (κ1) is 36.0. The monoisotopic (exact) mass is 584 g/mol. The number of benzene rings is 2.